The summed E-state index contributed by atoms with van der Waals surface area (Å²) in [7, 11) is 3.23. The average molecular weight is 386 g/mol. The van der Waals surface area contributed by atoms with Gasteiger partial charge >= 0.3 is 5.97 Å². The highest BCUT2D eigenvalue weighted by molar-refractivity contribution is 6.20. The largest absolute Gasteiger partial charge is 0.465 e. The van der Waals surface area contributed by atoms with Crippen LogP contribution in [0.3, 0.4) is 0 Å². The Hall–Kier alpha value is -2.67. The van der Waals surface area contributed by atoms with E-state index in [1.807, 2.05) is 49.1 Å². The van der Waals surface area contributed by atoms with E-state index >= 15 is 0 Å². The molecule has 1 aliphatic carbocycles. The molecule has 2 heterocycles. The van der Waals surface area contributed by atoms with Crippen LogP contribution in [-0.2, 0) is 11.8 Å². The number of alkyl halides is 1. The molecule has 1 saturated carbocycles. The number of aromatic nitrogens is 5. The minimum Gasteiger partial charge on any atom is -0.465 e. The van der Waals surface area contributed by atoms with Gasteiger partial charge in [-0.05, 0) is 31.0 Å². The Bertz CT molecular complexity index is 994. The standard InChI is InChI=1S/C19H20ClN5O2/c1-11(20)12-5-4-6-13(7-12)25-18(16(9-21-25)19(26)27-3)15-8-14(15)17-10-24(2)23-22-17/h4-7,9-11,14-15H,8H2,1-3H3/t11?,14-,15-/m1/s1. The summed E-state index contributed by atoms with van der Waals surface area (Å²) >= 11 is 6.24. The number of carbonyl (C=O) groups is 1. The molecule has 0 spiro atoms. The first-order chi connectivity index (χ1) is 13.0. The van der Waals surface area contributed by atoms with Crippen molar-refractivity contribution < 1.29 is 9.53 Å². The summed E-state index contributed by atoms with van der Waals surface area (Å²) in [4.78, 5) is 12.3. The van der Waals surface area contributed by atoms with Crippen molar-refractivity contribution in [1.29, 1.82) is 0 Å². The molecular formula is C19H20ClN5O2. The fraction of sp³-hybridized carbons (Fsp3) is 0.368. The molecule has 0 amide bonds. The number of methoxy groups -OCH3 is 1. The Labute approximate surface area is 161 Å². The number of ether oxygens (including phenoxy) is 1. The third-order valence-electron chi connectivity index (χ3n) is 4.93. The molecule has 8 heteroatoms. The van der Waals surface area contributed by atoms with Gasteiger partial charge in [0, 0.05) is 25.1 Å². The topological polar surface area (TPSA) is 74.8 Å². The van der Waals surface area contributed by atoms with E-state index in [0.717, 1.165) is 29.1 Å². The lowest BCUT2D eigenvalue weighted by atomic mass is 10.1. The fourth-order valence-corrected chi connectivity index (χ4v) is 3.59. The average Bonchev–Trinajstić information content (AvgIpc) is 3.12. The van der Waals surface area contributed by atoms with Gasteiger partial charge in [-0.1, -0.05) is 17.3 Å². The van der Waals surface area contributed by atoms with E-state index in [-0.39, 0.29) is 23.2 Å². The Balaban J connectivity index is 1.77. The number of hydrogen-bond acceptors (Lipinski definition) is 5. The molecule has 0 bridgehead atoms. The van der Waals surface area contributed by atoms with Crippen LogP contribution in [0.15, 0.2) is 36.7 Å². The number of halogens is 1. The van der Waals surface area contributed by atoms with Crippen molar-refractivity contribution >= 4 is 17.6 Å². The van der Waals surface area contributed by atoms with Crippen LogP contribution in [0.2, 0.25) is 0 Å². The first-order valence-corrected chi connectivity index (χ1v) is 9.20. The molecule has 4 rings (SSSR count). The summed E-state index contributed by atoms with van der Waals surface area (Å²) in [5, 5.41) is 12.6. The summed E-state index contributed by atoms with van der Waals surface area (Å²) in [5.41, 5.74) is 4.12. The van der Waals surface area contributed by atoms with Crippen LogP contribution in [0.4, 0.5) is 0 Å². The second-order valence-electron chi connectivity index (χ2n) is 6.82. The normalized spacial score (nSPS) is 19.7. The van der Waals surface area contributed by atoms with Crippen molar-refractivity contribution in [1.82, 2.24) is 24.8 Å². The first kappa shape index (κ1) is 17.7. The number of hydrogen-bond donors (Lipinski definition) is 0. The number of esters is 1. The summed E-state index contributed by atoms with van der Waals surface area (Å²) in [6.07, 6.45) is 4.38. The lowest BCUT2D eigenvalue weighted by molar-refractivity contribution is 0.0599. The summed E-state index contributed by atoms with van der Waals surface area (Å²) in [6, 6.07) is 7.87. The number of benzene rings is 1. The van der Waals surface area contributed by atoms with E-state index in [1.165, 1.54) is 7.11 Å². The molecule has 1 aromatic carbocycles. The Morgan fingerprint density at radius 1 is 1.37 bits per heavy atom. The van der Waals surface area contributed by atoms with Gasteiger partial charge < -0.3 is 4.74 Å². The monoisotopic (exact) mass is 385 g/mol. The van der Waals surface area contributed by atoms with Crippen LogP contribution in [0.1, 0.15) is 57.9 Å². The minimum atomic E-state index is -0.386. The summed E-state index contributed by atoms with van der Waals surface area (Å²) in [5.74, 6) is -0.0361. The predicted molar refractivity (Wildman–Crippen MR) is 100 cm³/mol. The molecule has 7 nitrogen and oxygen atoms in total. The predicted octanol–water partition coefficient (Wildman–Crippen LogP) is 3.36. The van der Waals surface area contributed by atoms with E-state index in [0.29, 0.717) is 5.56 Å². The lowest BCUT2D eigenvalue weighted by Crippen LogP contribution is -2.08. The molecule has 0 saturated heterocycles. The molecule has 140 valence electrons. The molecule has 27 heavy (non-hydrogen) atoms. The highest BCUT2D eigenvalue weighted by Crippen LogP contribution is 2.55. The molecule has 2 aromatic heterocycles. The van der Waals surface area contributed by atoms with Gasteiger partial charge in [0.1, 0.15) is 5.56 Å². The summed E-state index contributed by atoms with van der Waals surface area (Å²) in [6.45, 7) is 1.93. The second-order valence-corrected chi connectivity index (χ2v) is 7.48. The van der Waals surface area contributed by atoms with Crippen molar-refractivity contribution in [2.45, 2.75) is 30.6 Å². The van der Waals surface area contributed by atoms with Crippen LogP contribution >= 0.6 is 11.6 Å². The fourth-order valence-electron chi connectivity index (χ4n) is 3.45. The van der Waals surface area contributed by atoms with Crippen LogP contribution < -0.4 is 0 Å². The molecule has 1 unspecified atom stereocenters. The van der Waals surface area contributed by atoms with Gasteiger partial charge in [-0.3, -0.25) is 4.68 Å². The zero-order valence-corrected chi connectivity index (χ0v) is 16.1. The number of aryl methyl sites for hydroxylation is 1. The van der Waals surface area contributed by atoms with Crippen molar-refractivity contribution in [3.63, 3.8) is 0 Å². The minimum absolute atomic E-state index is 0.114. The third-order valence-corrected chi connectivity index (χ3v) is 5.18. The zero-order valence-electron chi connectivity index (χ0n) is 15.3. The van der Waals surface area contributed by atoms with Crippen molar-refractivity contribution in [2.24, 2.45) is 7.05 Å². The molecule has 0 radical (unpaired) electrons. The quantitative estimate of drug-likeness (QED) is 0.497. The van der Waals surface area contributed by atoms with Gasteiger partial charge in [-0.25, -0.2) is 9.48 Å². The molecule has 0 aliphatic heterocycles. The Morgan fingerprint density at radius 3 is 2.85 bits per heavy atom. The lowest BCUT2D eigenvalue weighted by Gasteiger charge is -2.11. The van der Waals surface area contributed by atoms with Gasteiger partial charge in [0.2, 0.25) is 0 Å². The SMILES string of the molecule is COC(=O)c1cnn(-c2cccc(C(C)Cl)c2)c1[C@@H]1C[C@H]1c1cn(C)nn1. The van der Waals surface area contributed by atoms with E-state index in [4.69, 9.17) is 16.3 Å². The van der Waals surface area contributed by atoms with Crippen LogP contribution in [-0.4, -0.2) is 37.9 Å². The van der Waals surface area contributed by atoms with Crippen molar-refractivity contribution in [3.05, 3.63) is 59.2 Å². The molecule has 0 N–H and O–H groups in total. The van der Waals surface area contributed by atoms with Crippen molar-refractivity contribution in [2.75, 3.05) is 7.11 Å². The van der Waals surface area contributed by atoms with E-state index < -0.39 is 0 Å². The molecular weight excluding hydrogens is 366 g/mol. The van der Waals surface area contributed by atoms with Gasteiger partial charge in [0.05, 0.1) is 35.8 Å². The molecule has 1 aliphatic rings. The number of nitrogens with zero attached hydrogens (tertiary/aromatic N) is 5. The van der Waals surface area contributed by atoms with Gasteiger partial charge in [-0.15, -0.1) is 16.7 Å². The highest BCUT2D eigenvalue weighted by atomic mass is 35.5. The van der Waals surface area contributed by atoms with Gasteiger partial charge in [0.15, 0.2) is 0 Å². The maximum absolute atomic E-state index is 12.3. The van der Waals surface area contributed by atoms with Gasteiger partial charge in [0.25, 0.3) is 0 Å². The van der Waals surface area contributed by atoms with Crippen LogP contribution in [0.25, 0.3) is 5.69 Å². The number of carbonyl (C=O) groups excluding carboxylic acids is 1. The van der Waals surface area contributed by atoms with E-state index in [9.17, 15) is 4.79 Å². The number of rotatable bonds is 5. The maximum atomic E-state index is 12.3. The Morgan fingerprint density at radius 2 is 2.19 bits per heavy atom. The van der Waals surface area contributed by atoms with E-state index in [2.05, 4.69) is 15.4 Å². The smallest absolute Gasteiger partial charge is 0.341 e. The zero-order chi connectivity index (χ0) is 19.1. The molecule has 3 aromatic rings. The van der Waals surface area contributed by atoms with E-state index in [1.54, 1.807) is 10.9 Å². The maximum Gasteiger partial charge on any atom is 0.341 e. The molecule has 3 atom stereocenters. The summed E-state index contributed by atoms with van der Waals surface area (Å²) < 4.78 is 8.47. The third kappa shape index (κ3) is 3.23. The highest BCUT2D eigenvalue weighted by Gasteiger charge is 2.46. The van der Waals surface area contributed by atoms with Crippen LogP contribution in [0, 0.1) is 0 Å². The Kier molecular flexibility index (Phi) is 4.47. The first-order valence-electron chi connectivity index (χ1n) is 8.76. The van der Waals surface area contributed by atoms with Crippen molar-refractivity contribution in [3.8, 4) is 5.69 Å². The van der Waals surface area contributed by atoms with Crippen LogP contribution in [0.5, 0.6) is 0 Å². The second kappa shape index (κ2) is 6.81. The molecule has 1 fully saturated rings. The van der Waals surface area contributed by atoms with Gasteiger partial charge in [-0.2, -0.15) is 5.10 Å².